The van der Waals surface area contributed by atoms with Crippen molar-refractivity contribution < 1.29 is 19.0 Å². The number of pyridine rings is 1. The summed E-state index contributed by atoms with van der Waals surface area (Å²) in [5, 5.41) is 11.7. The second kappa shape index (κ2) is 5.34. The summed E-state index contributed by atoms with van der Waals surface area (Å²) < 4.78 is 18.5. The third kappa shape index (κ3) is 2.98. The van der Waals surface area contributed by atoms with Gasteiger partial charge in [-0.1, -0.05) is 0 Å². The number of hydrogen-bond donors (Lipinski definition) is 2. The summed E-state index contributed by atoms with van der Waals surface area (Å²) in [6.07, 6.45) is 1.54. The van der Waals surface area contributed by atoms with E-state index in [2.05, 4.69) is 10.3 Å². The van der Waals surface area contributed by atoms with E-state index in [0.29, 0.717) is 17.3 Å². The third-order valence-electron chi connectivity index (χ3n) is 2.43. The quantitative estimate of drug-likeness (QED) is 0.886. The van der Waals surface area contributed by atoms with E-state index < -0.39 is 11.8 Å². The minimum absolute atomic E-state index is 0.363. The van der Waals surface area contributed by atoms with Crippen molar-refractivity contribution >= 4 is 17.3 Å². The predicted molar refractivity (Wildman–Crippen MR) is 67.4 cm³/mol. The molecule has 6 heteroatoms. The maximum atomic E-state index is 13.5. The van der Waals surface area contributed by atoms with Crippen LogP contribution in [0.2, 0.25) is 0 Å². The van der Waals surface area contributed by atoms with Crippen molar-refractivity contribution in [1.29, 1.82) is 0 Å². The Bertz CT molecular complexity index is 617. The van der Waals surface area contributed by atoms with Gasteiger partial charge in [0.2, 0.25) is 5.88 Å². The lowest BCUT2D eigenvalue weighted by atomic mass is 10.2. The van der Waals surface area contributed by atoms with Crippen LogP contribution in [0.4, 0.5) is 15.8 Å². The molecule has 2 rings (SSSR count). The first-order valence-electron chi connectivity index (χ1n) is 5.40. The zero-order chi connectivity index (χ0) is 13.8. The maximum absolute atomic E-state index is 13.5. The van der Waals surface area contributed by atoms with Crippen LogP contribution in [0.1, 0.15) is 10.4 Å². The van der Waals surface area contributed by atoms with Crippen LogP contribution >= 0.6 is 0 Å². The van der Waals surface area contributed by atoms with Gasteiger partial charge >= 0.3 is 5.97 Å². The molecule has 0 amide bonds. The number of nitrogens with zero attached hydrogens (tertiary/aromatic N) is 1. The molecule has 0 atom stereocenters. The molecule has 1 heterocycles. The van der Waals surface area contributed by atoms with E-state index in [9.17, 15) is 9.18 Å². The van der Waals surface area contributed by atoms with Crippen LogP contribution in [0.25, 0.3) is 0 Å². The lowest BCUT2D eigenvalue weighted by Crippen LogP contribution is -2.01. The predicted octanol–water partition coefficient (Wildman–Crippen LogP) is 2.67. The van der Waals surface area contributed by atoms with Gasteiger partial charge in [-0.25, -0.2) is 14.2 Å². The van der Waals surface area contributed by atoms with Crippen molar-refractivity contribution in [1.82, 2.24) is 4.98 Å². The third-order valence-corrected chi connectivity index (χ3v) is 2.43. The number of carbonyl (C=O) groups is 1. The van der Waals surface area contributed by atoms with E-state index in [1.807, 2.05) is 0 Å². The van der Waals surface area contributed by atoms with Gasteiger partial charge < -0.3 is 15.2 Å². The average Bonchev–Trinajstić information content (AvgIpc) is 2.38. The standard InChI is InChI=1S/C13H11FN2O3/c1-19-12-7-9(4-5-15-12)16-8-2-3-10(13(17)18)11(14)6-8/h2-7H,1H3,(H,15,16)(H,17,18). The summed E-state index contributed by atoms with van der Waals surface area (Å²) in [7, 11) is 1.49. The Hall–Kier alpha value is -2.63. The summed E-state index contributed by atoms with van der Waals surface area (Å²) in [5.41, 5.74) is 0.739. The van der Waals surface area contributed by atoms with Crippen LogP contribution in [0, 0.1) is 5.82 Å². The van der Waals surface area contributed by atoms with Crippen molar-refractivity contribution in [2.75, 3.05) is 12.4 Å². The number of benzene rings is 1. The summed E-state index contributed by atoms with van der Waals surface area (Å²) in [4.78, 5) is 14.6. The molecule has 2 N–H and O–H groups in total. The first kappa shape index (κ1) is 12.8. The lowest BCUT2D eigenvalue weighted by molar-refractivity contribution is 0.0692. The first-order valence-corrected chi connectivity index (χ1v) is 5.40. The van der Waals surface area contributed by atoms with E-state index in [4.69, 9.17) is 9.84 Å². The van der Waals surface area contributed by atoms with Crippen molar-refractivity contribution in [3.05, 3.63) is 47.9 Å². The Morgan fingerprint density at radius 1 is 1.32 bits per heavy atom. The molecule has 0 spiro atoms. The molecule has 5 nitrogen and oxygen atoms in total. The van der Waals surface area contributed by atoms with Gasteiger partial charge in [-0.15, -0.1) is 0 Å². The second-order valence-corrected chi connectivity index (χ2v) is 3.71. The van der Waals surface area contributed by atoms with Gasteiger partial charge in [-0.3, -0.25) is 0 Å². The van der Waals surface area contributed by atoms with Crippen molar-refractivity contribution in [2.24, 2.45) is 0 Å². The molecule has 1 aromatic heterocycles. The fourth-order valence-corrected chi connectivity index (χ4v) is 1.53. The van der Waals surface area contributed by atoms with Crippen LogP contribution in [0.5, 0.6) is 5.88 Å². The number of anilines is 2. The normalized spacial score (nSPS) is 10.0. The highest BCUT2D eigenvalue weighted by Gasteiger charge is 2.10. The van der Waals surface area contributed by atoms with E-state index >= 15 is 0 Å². The smallest absolute Gasteiger partial charge is 0.338 e. The monoisotopic (exact) mass is 262 g/mol. The summed E-state index contributed by atoms with van der Waals surface area (Å²) in [6, 6.07) is 7.14. The van der Waals surface area contributed by atoms with E-state index in [-0.39, 0.29) is 5.56 Å². The number of rotatable bonds is 4. The van der Waals surface area contributed by atoms with Crippen LogP contribution in [-0.2, 0) is 0 Å². The van der Waals surface area contributed by atoms with Gasteiger partial charge in [0.1, 0.15) is 5.82 Å². The van der Waals surface area contributed by atoms with Crippen molar-refractivity contribution in [2.45, 2.75) is 0 Å². The molecular weight excluding hydrogens is 251 g/mol. The van der Waals surface area contributed by atoms with E-state index in [0.717, 1.165) is 6.07 Å². The fourth-order valence-electron chi connectivity index (χ4n) is 1.53. The summed E-state index contributed by atoms with van der Waals surface area (Å²) in [6.45, 7) is 0. The van der Waals surface area contributed by atoms with Crippen molar-refractivity contribution in [3.8, 4) is 5.88 Å². The molecule has 19 heavy (non-hydrogen) atoms. The molecule has 0 saturated heterocycles. The van der Waals surface area contributed by atoms with E-state index in [1.165, 1.54) is 19.2 Å². The highest BCUT2D eigenvalue weighted by Crippen LogP contribution is 2.21. The Balaban J connectivity index is 2.23. The van der Waals surface area contributed by atoms with Gasteiger partial charge in [0.15, 0.2) is 0 Å². The number of halogens is 1. The Labute approximate surface area is 108 Å². The number of aromatic nitrogens is 1. The van der Waals surface area contributed by atoms with Gasteiger partial charge in [0.25, 0.3) is 0 Å². The molecular formula is C13H11FN2O3. The van der Waals surface area contributed by atoms with Crippen LogP contribution in [0.15, 0.2) is 36.5 Å². The highest BCUT2D eigenvalue weighted by atomic mass is 19.1. The zero-order valence-corrected chi connectivity index (χ0v) is 10.1. The van der Waals surface area contributed by atoms with Gasteiger partial charge in [0, 0.05) is 23.6 Å². The lowest BCUT2D eigenvalue weighted by Gasteiger charge is -2.08. The molecule has 2 aromatic rings. The first-order chi connectivity index (χ1) is 9.10. The fraction of sp³-hybridized carbons (Fsp3) is 0.0769. The van der Waals surface area contributed by atoms with Gasteiger partial charge in [-0.05, 0) is 24.3 Å². The topological polar surface area (TPSA) is 71.5 Å². The number of methoxy groups -OCH3 is 1. The molecule has 98 valence electrons. The van der Waals surface area contributed by atoms with Gasteiger partial charge in [-0.2, -0.15) is 0 Å². The highest BCUT2D eigenvalue weighted by molar-refractivity contribution is 5.88. The maximum Gasteiger partial charge on any atom is 0.338 e. The van der Waals surface area contributed by atoms with Crippen LogP contribution in [-0.4, -0.2) is 23.2 Å². The minimum atomic E-state index is -1.30. The number of carboxylic acid groups (broad SMARTS) is 1. The molecule has 1 aromatic carbocycles. The Morgan fingerprint density at radius 2 is 2.05 bits per heavy atom. The van der Waals surface area contributed by atoms with Crippen molar-refractivity contribution in [3.63, 3.8) is 0 Å². The Kier molecular flexibility index (Phi) is 3.61. The minimum Gasteiger partial charge on any atom is -0.481 e. The number of hydrogen-bond acceptors (Lipinski definition) is 4. The molecule has 0 saturated carbocycles. The average molecular weight is 262 g/mol. The second-order valence-electron chi connectivity index (χ2n) is 3.71. The molecule has 0 aliphatic rings. The molecule has 0 radical (unpaired) electrons. The summed E-state index contributed by atoms with van der Waals surface area (Å²) in [5.74, 6) is -1.67. The molecule has 0 aliphatic carbocycles. The van der Waals surface area contributed by atoms with Gasteiger partial charge in [0.05, 0.1) is 12.7 Å². The molecule has 0 aliphatic heterocycles. The van der Waals surface area contributed by atoms with Crippen LogP contribution in [0.3, 0.4) is 0 Å². The molecule has 0 bridgehead atoms. The number of aromatic carboxylic acids is 1. The largest absolute Gasteiger partial charge is 0.481 e. The number of nitrogens with one attached hydrogen (secondary N) is 1. The number of carboxylic acids is 1. The zero-order valence-electron chi connectivity index (χ0n) is 10.1. The Morgan fingerprint density at radius 3 is 2.68 bits per heavy atom. The molecule has 0 fully saturated rings. The molecule has 0 unspecified atom stereocenters. The SMILES string of the molecule is COc1cc(Nc2ccc(C(=O)O)c(F)c2)ccn1. The van der Waals surface area contributed by atoms with E-state index in [1.54, 1.807) is 18.3 Å². The summed E-state index contributed by atoms with van der Waals surface area (Å²) >= 11 is 0. The number of ether oxygens (including phenoxy) is 1. The van der Waals surface area contributed by atoms with Crippen LogP contribution < -0.4 is 10.1 Å².